The van der Waals surface area contributed by atoms with Gasteiger partial charge in [-0.25, -0.2) is 0 Å². The van der Waals surface area contributed by atoms with Gasteiger partial charge in [0.05, 0.1) is 19.4 Å². The minimum Gasteiger partial charge on any atom is -0.496 e. The molecule has 0 bridgehead atoms. The van der Waals surface area contributed by atoms with Crippen molar-refractivity contribution in [3.8, 4) is 5.75 Å². The Morgan fingerprint density at radius 3 is 2.48 bits per heavy atom. The van der Waals surface area contributed by atoms with Gasteiger partial charge >= 0.3 is 5.97 Å². The van der Waals surface area contributed by atoms with E-state index < -0.39 is 11.9 Å². The van der Waals surface area contributed by atoms with Crippen molar-refractivity contribution in [3.05, 3.63) is 64.7 Å². The van der Waals surface area contributed by atoms with Crippen molar-refractivity contribution >= 4 is 23.5 Å². The first-order valence-corrected chi connectivity index (χ1v) is 8.23. The van der Waals surface area contributed by atoms with Gasteiger partial charge < -0.3 is 15.2 Å². The molecule has 25 heavy (non-hydrogen) atoms. The van der Waals surface area contributed by atoms with Gasteiger partial charge in [0, 0.05) is 11.6 Å². The van der Waals surface area contributed by atoms with E-state index in [1.165, 1.54) is 0 Å². The van der Waals surface area contributed by atoms with E-state index in [4.69, 9.17) is 16.3 Å². The molecule has 2 N–H and O–H groups in total. The van der Waals surface area contributed by atoms with Gasteiger partial charge in [0.2, 0.25) is 5.91 Å². The van der Waals surface area contributed by atoms with E-state index in [0.717, 1.165) is 11.1 Å². The molecule has 0 radical (unpaired) electrons. The number of carboxylic acid groups (broad SMARTS) is 1. The number of rotatable bonds is 8. The fourth-order valence-electron chi connectivity index (χ4n) is 2.47. The summed E-state index contributed by atoms with van der Waals surface area (Å²) in [4.78, 5) is 23.5. The second kappa shape index (κ2) is 9.08. The zero-order valence-corrected chi connectivity index (χ0v) is 14.6. The number of ether oxygens (including phenoxy) is 1. The molecule has 5 nitrogen and oxygen atoms in total. The van der Waals surface area contributed by atoms with Crippen LogP contribution in [0.2, 0.25) is 5.02 Å². The third-order valence-electron chi connectivity index (χ3n) is 3.83. The SMILES string of the molecule is COc1ccccc1CC(CNC(=O)Cc1ccc(Cl)cc1)C(=O)O. The number of methoxy groups -OCH3 is 1. The molecule has 0 aliphatic carbocycles. The molecule has 0 aliphatic heterocycles. The van der Waals surface area contributed by atoms with Crippen LogP contribution in [0.1, 0.15) is 11.1 Å². The second-order valence-corrected chi connectivity index (χ2v) is 6.09. The summed E-state index contributed by atoms with van der Waals surface area (Å²) in [6.07, 6.45) is 0.457. The zero-order valence-electron chi connectivity index (χ0n) is 13.9. The lowest BCUT2D eigenvalue weighted by molar-refractivity contribution is -0.141. The van der Waals surface area contributed by atoms with Crippen molar-refractivity contribution in [2.24, 2.45) is 5.92 Å². The number of hydrogen-bond donors (Lipinski definition) is 2. The first-order valence-electron chi connectivity index (χ1n) is 7.85. The maximum absolute atomic E-state index is 12.0. The van der Waals surface area contributed by atoms with E-state index in [0.29, 0.717) is 10.8 Å². The lowest BCUT2D eigenvalue weighted by Gasteiger charge is -2.15. The Balaban J connectivity index is 1.94. The number of nitrogens with one attached hydrogen (secondary N) is 1. The van der Waals surface area contributed by atoms with Crippen LogP contribution in [-0.4, -0.2) is 30.6 Å². The highest BCUT2D eigenvalue weighted by molar-refractivity contribution is 6.30. The van der Waals surface area contributed by atoms with Gasteiger partial charge in [0.1, 0.15) is 5.75 Å². The number of aliphatic carboxylic acids is 1. The molecule has 0 aliphatic rings. The average Bonchev–Trinajstić information content (AvgIpc) is 2.60. The van der Waals surface area contributed by atoms with Gasteiger partial charge in [-0.1, -0.05) is 41.9 Å². The summed E-state index contributed by atoms with van der Waals surface area (Å²) in [5.41, 5.74) is 1.61. The monoisotopic (exact) mass is 361 g/mol. The molecule has 2 aromatic rings. The van der Waals surface area contributed by atoms with Crippen LogP contribution >= 0.6 is 11.6 Å². The number of carboxylic acids is 1. The summed E-state index contributed by atoms with van der Waals surface area (Å²) in [5.74, 6) is -1.28. The van der Waals surface area contributed by atoms with E-state index in [1.807, 2.05) is 18.2 Å². The van der Waals surface area contributed by atoms with Crippen molar-refractivity contribution in [2.45, 2.75) is 12.8 Å². The van der Waals surface area contributed by atoms with Crippen LogP contribution in [0, 0.1) is 5.92 Å². The third kappa shape index (κ3) is 5.80. The quantitative estimate of drug-likeness (QED) is 0.758. The Morgan fingerprint density at radius 1 is 1.16 bits per heavy atom. The molecule has 1 amide bonds. The Kier molecular flexibility index (Phi) is 6.83. The summed E-state index contributed by atoms with van der Waals surface area (Å²) in [5, 5.41) is 12.7. The number of carbonyl (C=O) groups excluding carboxylic acids is 1. The summed E-state index contributed by atoms with van der Waals surface area (Å²) in [6.45, 7) is 0.0554. The molecule has 0 heterocycles. The average molecular weight is 362 g/mol. The molecule has 2 rings (SSSR count). The van der Waals surface area contributed by atoms with Crippen molar-refractivity contribution in [3.63, 3.8) is 0 Å². The molecule has 2 aromatic carbocycles. The predicted molar refractivity (Wildman–Crippen MR) is 96.0 cm³/mol. The fourth-order valence-corrected chi connectivity index (χ4v) is 2.60. The largest absolute Gasteiger partial charge is 0.496 e. The van der Waals surface area contributed by atoms with Gasteiger partial charge in [-0.15, -0.1) is 0 Å². The van der Waals surface area contributed by atoms with E-state index in [-0.39, 0.29) is 25.3 Å². The first-order chi connectivity index (χ1) is 12.0. The molecule has 0 saturated carbocycles. The second-order valence-electron chi connectivity index (χ2n) is 5.66. The molecule has 132 valence electrons. The summed E-state index contributed by atoms with van der Waals surface area (Å²) in [7, 11) is 1.54. The van der Waals surface area contributed by atoms with Gasteiger partial charge in [-0.3, -0.25) is 9.59 Å². The highest BCUT2D eigenvalue weighted by atomic mass is 35.5. The van der Waals surface area contributed by atoms with Crippen molar-refractivity contribution in [1.29, 1.82) is 0 Å². The first kappa shape index (κ1) is 18.8. The van der Waals surface area contributed by atoms with Crippen molar-refractivity contribution in [1.82, 2.24) is 5.32 Å². The summed E-state index contributed by atoms with van der Waals surface area (Å²) < 4.78 is 5.25. The molecular weight excluding hydrogens is 342 g/mol. The van der Waals surface area contributed by atoms with Gasteiger partial charge in [0.15, 0.2) is 0 Å². The van der Waals surface area contributed by atoms with Crippen LogP contribution in [0.4, 0.5) is 0 Å². The molecule has 1 unspecified atom stereocenters. The number of para-hydroxylation sites is 1. The standard InChI is InChI=1S/C19H20ClNO4/c1-25-17-5-3-2-4-14(17)11-15(19(23)24)12-21-18(22)10-13-6-8-16(20)9-7-13/h2-9,15H,10-12H2,1H3,(H,21,22)(H,23,24). The Morgan fingerprint density at radius 2 is 1.84 bits per heavy atom. The number of carbonyl (C=O) groups is 2. The van der Waals surface area contributed by atoms with Crippen LogP contribution in [0.5, 0.6) is 5.75 Å². The van der Waals surface area contributed by atoms with Gasteiger partial charge in [-0.05, 0) is 35.7 Å². The summed E-state index contributed by atoms with van der Waals surface area (Å²) in [6, 6.07) is 14.2. The predicted octanol–water partition coefficient (Wildman–Crippen LogP) is 2.95. The Bertz CT molecular complexity index is 730. The topological polar surface area (TPSA) is 75.6 Å². The lowest BCUT2D eigenvalue weighted by Crippen LogP contribution is -2.35. The fraction of sp³-hybridized carbons (Fsp3) is 0.263. The number of halogens is 1. The van der Waals surface area contributed by atoms with Crippen molar-refractivity contribution < 1.29 is 19.4 Å². The Hall–Kier alpha value is -2.53. The van der Waals surface area contributed by atoms with E-state index >= 15 is 0 Å². The third-order valence-corrected chi connectivity index (χ3v) is 4.08. The summed E-state index contributed by atoms with van der Waals surface area (Å²) >= 11 is 5.81. The van der Waals surface area contributed by atoms with Crippen LogP contribution in [-0.2, 0) is 22.4 Å². The minimum atomic E-state index is -0.960. The highest BCUT2D eigenvalue weighted by Gasteiger charge is 2.20. The van der Waals surface area contributed by atoms with Crippen LogP contribution in [0.15, 0.2) is 48.5 Å². The van der Waals surface area contributed by atoms with E-state index in [1.54, 1.807) is 37.4 Å². The number of benzene rings is 2. The molecule has 1 atom stereocenters. The lowest BCUT2D eigenvalue weighted by atomic mass is 9.98. The van der Waals surface area contributed by atoms with Crippen LogP contribution in [0.25, 0.3) is 0 Å². The van der Waals surface area contributed by atoms with Crippen molar-refractivity contribution in [2.75, 3.05) is 13.7 Å². The molecule has 0 fully saturated rings. The number of amides is 1. The maximum atomic E-state index is 12.0. The highest BCUT2D eigenvalue weighted by Crippen LogP contribution is 2.21. The number of hydrogen-bond acceptors (Lipinski definition) is 3. The molecule has 0 saturated heterocycles. The normalized spacial score (nSPS) is 11.6. The molecule has 6 heteroatoms. The molecular formula is C19H20ClNO4. The van der Waals surface area contributed by atoms with E-state index in [2.05, 4.69) is 5.32 Å². The molecule has 0 spiro atoms. The minimum absolute atomic E-state index is 0.0554. The zero-order chi connectivity index (χ0) is 18.2. The molecule has 0 aromatic heterocycles. The Labute approximate surface area is 151 Å². The maximum Gasteiger partial charge on any atom is 0.308 e. The van der Waals surface area contributed by atoms with Gasteiger partial charge in [0.25, 0.3) is 0 Å². The van der Waals surface area contributed by atoms with Crippen LogP contribution in [0.3, 0.4) is 0 Å². The van der Waals surface area contributed by atoms with E-state index in [9.17, 15) is 14.7 Å². The van der Waals surface area contributed by atoms with Gasteiger partial charge in [-0.2, -0.15) is 0 Å². The smallest absolute Gasteiger partial charge is 0.308 e. The van der Waals surface area contributed by atoms with Crippen LogP contribution < -0.4 is 10.1 Å².